The van der Waals surface area contributed by atoms with Crippen LogP contribution in [-0.4, -0.2) is 25.7 Å². The molecule has 3 N–H and O–H groups in total. The van der Waals surface area contributed by atoms with Crippen molar-refractivity contribution in [1.82, 2.24) is 4.72 Å². The molecule has 0 heterocycles. The Hall–Kier alpha value is -0.200. The van der Waals surface area contributed by atoms with Crippen molar-refractivity contribution in [3.8, 4) is 0 Å². The van der Waals surface area contributed by atoms with Gasteiger partial charge in [-0.3, -0.25) is 0 Å². The van der Waals surface area contributed by atoms with Gasteiger partial charge in [0.2, 0.25) is 10.0 Å². The highest BCUT2D eigenvalue weighted by atomic mass is 32.2. The van der Waals surface area contributed by atoms with Gasteiger partial charge in [-0.05, 0) is 12.3 Å². The maximum atomic E-state index is 11.5. The predicted octanol–water partition coefficient (Wildman–Crippen LogP) is 0.874. The van der Waals surface area contributed by atoms with Gasteiger partial charge in [-0.25, -0.2) is 13.1 Å². The number of nitrogens with one attached hydrogen (secondary N) is 1. The van der Waals surface area contributed by atoms with Gasteiger partial charge in [0.15, 0.2) is 0 Å². The minimum absolute atomic E-state index is 0.103. The van der Waals surface area contributed by atoms with Crippen molar-refractivity contribution in [1.29, 1.82) is 0 Å². The SMILES string of the molecule is CC(C)CCS(=O)(=O)NCC(C)C(N)=S. The van der Waals surface area contributed by atoms with Gasteiger partial charge in [-0.15, -0.1) is 0 Å². The van der Waals surface area contributed by atoms with Crippen LogP contribution in [0.1, 0.15) is 27.2 Å². The van der Waals surface area contributed by atoms with Crippen molar-refractivity contribution in [3.05, 3.63) is 0 Å². The summed E-state index contributed by atoms with van der Waals surface area (Å²) in [5.74, 6) is 0.442. The molecule has 0 bridgehead atoms. The van der Waals surface area contributed by atoms with Crippen molar-refractivity contribution < 1.29 is 8.42 Å². The summed E-state index contributed by atoms with van der Waals surface area (Å²) in [6.45, 7) is 6.07. The smallest absolute Gasteiger partial charge is 0.211 e. The Morgan fingerprint density at radius 2 is 1.93 bits per heavy atom. The van der Waals surface area contributed by atoms with Gasteiger partial charge < -0.3 is 5.73 Å². The quantitative estimate of drug-likeness (QED) is 0.660. The van der Waals surface area contributed by atoms with Crippen molar-refractivity contribution in [3.63, 3.8) is 0 Å². The van der Waals surface area contributed by atoms with E-state index in [2.05, 4.69) is 4.72 Å². The number of thiocarbonyl (C=S) groups is 1. The number of sulfonamides is 1. The van der Waals surface area contributed by atoms with Gasteiger partial charge >= 0.3 is 0 Å². The second kappa shape index (κ2) is 6.40. The highest BCUT2D eigenvalue weighted by molar-refractivity contribution is 7.89. The molecule has 4 nitrogen and oxygen atoms in total. The first-order valence-electron chi connectivity index (χ1n) is 5.01. The van der Waals surface area contributed by atoms with E-state index in [1.54, 1.807) is 6.92 Å². The lowest BCUT2D eigenvalue weighted by molar-refractivity contribution is 0.557. The minimum Gasteiger partial charge on any atom is -0.393 e. The molecular formula is C9H20N2O2S2. The lowest BCUT2D eigenvalue weighted by atomic mass is 10.2. The van der Waals surface area contributed by atoms with Crippen LogP contribution >= 0.6 is 12.2 Å². The van der Waals surface area contributed by atoms with E-state index in [-0.39, 0.29) is 18.2 Å². The Morgan fingerprint density at radius 1 is 1.40 bits per heavy atom. The molecule has 0 fully saturated rings. The predicted molar refractivity (Wildman–Crippen MR) is 67.2 cm³/mol. The fourth-order valence-electron chi connectivity index (χ4n) is 0.816. The van der Waals surface area contributed by atoms with E-state index in [0.29, 0.717) is 17.3 Å². The topological polar surface area (TPSA) is 72.2 Å². The second-order valence-corrected chi connectivity index (χ2v) is 6.55. The average molecular weight is 252 g/mol. The van der Waals surface area contributed by atoms with E-state index >= 15 is 0 Å². The van der Waals surface area contributed by atoms with Crippen LogP contribution in [0, 0.1) is 11.8 Å². The lowest BCUT2D eigenvalue weighted by Gasteiger charge is -2.12. The van der Waals surface area contributed by atoms with Gasteiger partial charge in [0.05, 0.1) is 10.7 Å². The third-order valence-electron chi connectivity index (χ3n) is 2.06. The summed E-state index contributed by atoms with van der Waals surface area (Å²) < 4.78 is 25.4. The summed E-state index contributed by atoms with van der Waals surface area (Å²) >= 11 is 4.76. The molecule has 0 aliphatic heterocycles. The molecule has 0 aromatic rings. The molecule has 90 valence electrons. The van der Waals surface area contributed by atoms with Gasteiger partial charge in [0, 0.05) is 12.5 Å². The Bertz CT molecular complexity index is 299. The molecular weight excluding hydrogens is 232 g/mol. The number of hydrogen-bond donors (Lipinski definition) is 2. The summed E-state index contributed by atoms with van der Waals surface area (Å²) in [5, 5.41) is 0. The molecule has 0 aromatic heterocycles. The van der Waals surface area contributed by atoms with Crippen LogP contribution in [-0.2, 0) is 10.0 Å². The largest absolute Gasteiger partial charge is 0.393 e. The first-order chi connectivity index (χ1) is 6.74. The summed E-state index contributed by atoms with van der Waals surface area (Å²) in [6.07, 6.45) is 0.663. The maximum absolute atomic E-state index is 11.5. The molecule has 0 aliphatic rings. The van der Waals surface area contributed by atoms with Crippen LogP contribution in [0.25, 0.3) is 0 Å². The fourth-order valence-corrected chi connectivity index (χ4v) is 2.33. The zero-order valence-electron chi connectivity index (χ0n) is 9.49. The van der Waals surface area contributed by atoms with Gasteiger partial charge in [0.1, 0.15) is 0 Å². The summed E-state index contributed by atoms with van der Waals surface area (Å²) in [5.41, 5.74) is 5.38. The number of nitrogens with two attached hydrogens (primary N) is 1. The summed E-state index contributed by atoms with van der Waals surface area (Å²) in [4.78, 5) is 0.335. The van der Waals surface area contributed by atoms with Crippen LogP contribution in [0.5, 0.6) is 0 Å². The van der Waals surface area contributed by atoms with E-state index < -0.39 is 10.0 Å². The Kier molecular flexibility index (Phi) is 6.31. The molecule has 6 heteroatoms. The molecule has 0 aromatic carbocycles. The van der Waals surface area contributed by atoms with Gasteiger partial charge in [0.25, 0.3) is 0 Å². The second-order valence-electron chi connectivity index (χ2n) is 4.15. The average Bonchev–Trinajstić information content (AvgIpc) is 2.11. The Morgan fingerprint density at radius 3 is 2.33 bits per heavy atom. The fraction of sp³-hybridized carbons (Fsp3) is 0.889. The Balaban J connectivity index is 4.00. The summed E-state index contributed by atoms with van der Waals surface area (Å²) in [6, 6.07) is 0. The van der Waals surface area contributed by atoms with Crippen molar-refractivity contribution in [2.24, 2.45) is 17.6 Å². The highest BCUT2D eigenvalue weighted by Gasteiger charge is 2.13. The maximum Gasteiger partial charge on any atom is 0.211 e. The molecule has 0 saturated heterocycles. The van der Waals surface area contributed by atoms with E-state index in [9.17, 15) is 8.42 Å². The molecule has 0 saturated carbocycles. The monoisotopic (exact) mass is 252 g/mol. The van der Waals surface area contributed by atoms with E-state index in [1.807, 2.05) is 13.8 Å². The number of hydrogen-bond acceptors (Lipinski definition) is 3. The van der Waals surface area contributed by atoms with Crippen LogP contribution < -0.4 is 10.5 Å². The van der Waals surface area contributed by atoms with E-state index in [0.717, 1.165) is 0 Å². The van der Waals surface area contributed by atoms with Gasteiger partial charge in [-0.2, -0.15) is 0 Å². The standard InChI is InChI=1S/C9H20N2O2S2/c1-7(2)4-5-15(12,13)11-6-8(3)9(10)14/h7-8,11H,4-6H2,1-3H3,(H2,10,14). The highest BCUT2D eigenvalue weighted by Crippen LogP contribution is 2.02. The van der Waals surface area contributed by atoms with Crippen molar-refractivity contribution >= 4 is 27.2 Å². The van der Waals surface area contributed by atoms with Crippen LogP contribution in [0.2, 0.25) is 0 Å². The molecule has 1 unspecified atom stereocenters. The molecule has 0 spiro atoms. The van der Waals surface area contributed by atoms with Crippen LogP contribution in [0.15, 0.2) is 0 Å². The zero-order chi connectivity index (χ0) is 12.1. The summed E-state index contributed by atoms with van der Waals surface area (Å²) in [7, 11) is -3.17. The van der Waals surface area contributed by atoms with Crippen molar-refractivity contribution in [2.75, 3.05) is 12.3 Å². The molecule has 1 atom stereocenters. The molecule has 15 heavy (non-hydrogen) atoms. The molecule has 0 amide bonds. The Labute approximate surface area is 97.7 Å². The van der Waals surface area contributed by atoms with E-state index in [1.165, 1.54) is 0 Å². The zero-order valence-corrected chi connectivity index (χ0v) is 11.1. The van der Waals surface area contributed by atoms with Gasteiger partial charge in [-0.1, -0.05) is 33.0 Å². The van der Waals surface area contributed by atoms with Crippen molar-refractivity contribution in [2.45, 2.75) is 27.2 Å². The number of rotatable bonds is 7. The molecule has 0 rings (SSSR count). The molecule has 0 aliphatic carbocycles. The lowest BCUT2D eigenvalue weighted by Crippen LogP contribution is -2.35. The normalized spacial score (nSPS) is 14.1. The molecule has 0 radical (unpaired) electrons. The van der Waals surface area contributed by atoms with Crippen LogP contribution in [0.4, 0.5) is 0 Å². The van der Waals surface area contributed by atoms with E-state index in [4.69, 9.17) is 18.0 Å². The minimum atomic E-state index is -3.17. The third-order valence-corrected chi connectivity index (χ3v) is 3.84. The first kappa shape index (κ1) is 14.8. The third kappa shape index (κ3) is 7.70. The first-order valence-corrected chi connectivity index (χ1v) is 7.07. The van der Waals surface area contributed by atoms with Crippen LogP contribution in [0.3, 0.4) is 0 Å².